The predicted octanol–water partition coefficient (Wildman–Crippen LogP) is 4.13. The number of hydrogen-bond donors (Lipinski definition) is 2. The van der Waals surface area contributed by atoms with Gasteiger partial charge >= 0.3 is 0 Å². The Labute approximate surface area is 129 Å². The Morgan fingerprint density at radius 3 is 2.65 bits per heavy atom. The van der Waals surface area contributed by atoms with Crippen LogP contribution in [-0.2, 0) is 6.42 Å². The third-order valence-electron chi connectivity index (χ3n) is 2.99. The van der Waals surface area contributed by atoms with Crippen LogP contribution < -0.4 is 11.3 Å². The van der Waals surface area contributed by atoms with Crippen molar-refractivity contribution in [2.24, 2.45) is 5.84 Å². The van der Waals surface area contributed by atoms with Crippen LogP contribution in [0.1, 0.15) is 17.2 Å². The van der Waals surface area contributed by atoms with Crippen molar-refractivity contribution in [2.45, 2.75) is 12.5 Å². The summed E-state index contributed by atoms with van der Waals surface area (Å²) in [6, 6.07) is 8.62. The van der Waals surface area contributed by atoms with Crippen LogP contribution in [0.4, 0.5) is 8.78 Å². The van der Waals surface area contributed by atoms with E-state index in [4.69, 9.17) is 17.4 Å². The minimum atomic E-state index is -0.474. The Bertz CT molecular complexity index is 622. The van der Waals surface area contributed by atoms with E-state index in [2.05, 4.69) is 21.4 Å². The molecule has 0 aliphatic rings. The first-order valence-electron chi connectivity index (χ1n) is 5.87. The van der Waals surface area contributed by atoms with Gasteiger partial charge in [-0.05, 0) is 35.7 Å². The third kappa shape index (κ3) is 3.35. The van der Waals surface area contributed by atoms with Crippen LogP contribution in [0.25, 0.3) is 0 Å². The number of halogens is 4. The van der Waals surface area contributed by atoms with Crippen molar-refractivity contribution in [2.75, 3.05) is 0 Å². The van der Waals surface area contributed by atoms with E-state index < -0.39 is 5.82 Å². The van der Waals surface area contributed by atoms with E-state index in [0.717, 1.165) is 5.56 Å². The first-order chi connectivity index (χ1) is 9.52. The third-order valence-corrected chi connectivity index (χ3v) is 4.10. The Balaban J connectivity index is 2.31. The molecule has 0 aromatic heterocycles. The van der Waals surface area contributed by atoms with Crippen molar-refractivity contribution in [3.05, 3.63) is 68.7 Å². The lowest BCUT2D eigenvalue weighted by Crippen LogP contribution is -2.30. The van der Waals surface area contributed by atoms with Crippen LogP contribution in [0.5, 0.6) is 0 Å². The second kappa shape index (κ2) is 6.63. The van der Waals surface area contributed by atoms with E-state index in [1.807, 2.05) is 0 Å². The molecular weight excluding hydrogens is 350 g/mol. The Hall–Kier alpha value is -1.01. The van der Waals surface area contributed by atoms with E-state index >= 15 is 0 Å². The Morgan fingerprint density at radius 1 is 1.25 bits per heavy atom. The SMILES string of the molecule is NNC(Cc1cccc(F)c1Cl)c1ccc(F)cc1Br. The number of hydrazine groups is 1. The van der Waals surface area contributed by atoms with E-state index in [-0.39, 0.29) is 16.9 Å². The molecule has 0 amide bonds. The first-order valence-corrected chi connectivity index (χ1v) is 7.04. The van der Waals surface area contributed by atoms with Crippen LogP contribution in [-0.4, -0.2) is 0 Å². The molecule has 0 radical (unpaired) electrons. The summed E-state index contributed by atoms with van der Waals surface area (Å²) in [5.74, 6) is 4.73. The first kappa shape index (κ1) is 15.4. The molecule has 0 saturated heterocycles. The van der Waals surface area contributed by atoms with Crippen molar-refractivity contribution >= 4 is 27.5 Å². The quantitative estimate of drug-likeness (QED) is 0.635. The lowest BCUT2D eigenvalue weighted by molar-refractivity contribution is 0.544. The zero-order chi connectivity index (χ0) is 14.7. The molecule has 3 N–H and O–H groups in total. The minimum absolute atomic E-state index is 0.0750. The van der Waals surface area contributed by atoms with Crippen LogP contribution in [0.2, 0.25) is 5.02 Å². The standard InChI is InChI=1S/C14H12BrClF2N2/c15-11-7-9(17)4-5-10(11)13(20-19)6-8-2-1-3-12(18)14(8)16/h1-5,7,13,20H,6,19H2. The van der Waals surface area contributed by atoms with Gasteiger partial charge < -0.3 is 0 Å². The summed E-state index contributed by atoms with van der Waals surface area (Å²) in [4.78, 5) is 0. The summed E-state index contributed by atoms with van der Waals surface area (Å²) in [6.45, 7) is 0. The van der Waals surface area contributed by atoms with E-state index in [1.165, 1.54) is 18.2 Å². The summed E-state index contributed by atoms with van der Waals surface area (Å²) in [7, 11) is 0. The largest absolute Gasteiger partial charge is 0.271 e. The van der Waals surface area contributed by atoms with Gasteiger partial charge in [0.2, 0.25) is 0 Å². The Morgan fingerprint density at radius 2 is 2.00 bits per heavy atom. The highest BCUT2D eigenvalue weighted by Gasteiger charge is 2.17. The van der Waals surface area contributed by atoms with E-state index in [1.54, 1.807) is 18.2 Å². The maximum atomic E-state index is 13.4. The van der Waals surface area contributed by atoms with Gasteiger partial charge in [0, 0.05) is 4.47 Å². The fourth-order valence-corrected chi connectivity index (χ4v) is 2.80. The fourth-order valence-electron chi connectivity index (χ4n) is 1.97. The normalized spacial score (nSPS) is 12.4. The molecule has 0 aliphatic heterocycles. The summed E-state index contributed by atoms with van der Waals surface area (Å²) in [5.41, 5.74) is 4.04. The molecule has 1 unspecified atom stereocenters. The van der Waals surface area contributed by atoms with Crippen LogP contribution in [0.3, 0.4) is 0 Å². The second-order valence-corrected chi connectivity index (χ2v) is 5.53. The average molecular weight is 362 g/mol. The van der Waals surface area contributed by atoms with Gasteiger partial charge in [0.05, 0.1) is 11.1 Å². The highest BCUT2D eigenvalue weighted by atomic mass is 79.9. The molecule has 2 aromatic carbocycles. The molecule has 20 heavy (non-hydrogen) atoms. The lowest BCUT2D eigenvalue weighted by Gasteiger charge is -2.18. The molecule has 0 spiro atoms. The van der Waals surface area contributed by atoms with Crippen molar-refractivity contribution in [3.8, 4) is 0 Å². The molecule has 1 atom stereocenters. The highest BCUT2D eigenvalue weighted by Crippen LogP contribution is 2.29. The number of nitrogens with two attached hydrogens (primary N) is 1. The van der Waals surface area contributed by atoms with Crippen molar-refractivity contribution in [1.29, 1.82) is 0 Å². The van der Waals surface area contributed by atoms with Crippen LogP contribution in [0.15, 0.2) is 40.9 Å². The molecule has 0 aliphatic carbocycles. The zero-order valence-electron chi connectivity index (χ0n) is 10.3. The highest BCUT2D eigenvalue weighted by molar-refractivity contribution is 9.10. The molecule has 0 heterocycles. The van der Waals surface area contributed by atoms with Gasteiger partial charge in [-0.25, -0.2) is 8.78 Å². The Kier molecular flexibility index (Phi) is 5.10. The minimum Gasteiger partial charge on any atom is -0.271 e. The lowest BCUT2D eigenvalue weighted by atomic mass is 9.99. The number of hydrogen-bond acceptors (Lipinski definition) is 2. The monoisotopic (exact) mass is 360 g/mol. The molecule has 2 aromatic rings. The molecule has 6 heteroatoms. The molecular formula is C14H12BrClF2N2. The number of benzene rings is 2. The molecule has 0 fully saturated rings. The van der Waals surface area contributed by atoms with Crippen molar-refractivity contribution in [1.82, 2.24) is 5.43 Å². The number of nitrogens with one attached hydrogen (secondary N) is 1. The molecule has 0 saturated carbocycles. The van der Waals surface area contributed by atoms with Gasteiger partial charge in [0.1, 0.15) is 11.6 Å². The van der Waals surface area contributed by atoms with Gasteiger partial charge in [0.15, 0.2) is 0 Å². The summed E-state index contributed by atoms with van der Waals surface area (Å²) in [5, 5.41) is 0.0750. The summed E-state index contributed by atoms with van der Waals surface area (Å²) in [6.07, 6.45) is 0.386. The van der Waals surface area contributed by atoms with Crippen LogP contribution >= 0.6 is 27.5 Å². The van der Waals surface area contributed by atoms with Gasteiger partial charge in [-0.2, -0.15) is 0 Å². The average Bonchev–Trinajstić information content (AvgIpc) is 2.41. The maximum Gasteiger partial charge on any atom is 0.142 e. The fraction of sp³-hybridized carbons (Fsp3) is 0.143. The van der Waals surface area contributed by atoms with E-state index in [9.17, 15) is 8.78 Å². The predicted molar refractivity (Wildman–Crippen MR) is 79.3 cm³/mol. The maximum absolute atomic E-state index is 13.4. The van der Waals surface area contributed by atoms with Gasteiger partial charge in [-0.3, -0.25) is 11.3 Å². The smallest absolute Gasteiger partial charge is 0.142 e. The summed E-state index contributed by atoms with van der Waals surface area (Å²) < 4.78 is 27.1. The molecule has 2 nitrogen and oxygen atoms in total. The van der Waals surface area contributed by atoms with E-state index in [0.29, 0.717) is 16.5 Å². The summed E-state index contributed by atoms with van der Waals surface area (Å²) >= 11 is 9.22. The molecule has 0 bridgehead atoms. The van der Waals surface area contributed by atoms with Gasteiger partial charge in [-0.1, -0.05) is 45.7 Å². The van der Waals surface area contributed by atoms with Crippen LogP contribution in [0, 0.1) is 11.6 Å². The van der Waals surface area contributed by atoms with Crippen molar-refractivity contribution < 1.29 is 8.78 Å². The van der Waals surface area contributed by atoms with Gasteiger partial charge in [0.25, 0.3) is 0 Å². The second-order valence-electron chi connectivity index (χ2n) is 4.30. The van der Waals surface area contributed by atoms with Gasteiger partial charge in [-0.15, -0.1) is 0 Å². The number of rotatable bonds is 4. The molecule has 2 rings (SSSR count). The zero-order valence-corrected chi connectivity index (χ0v) is 12.7. The topological polar surface area (TPSA) is 38.0 Å². The van der Waals surface area contributed by atoms with Crippen molar-refractivity contribution in [3.63, 3.8) is 0 Å². The molecule has 106 valence electrons.